The number of fused-ring (bicyclic) bond motifs is 3. The fourth-order valence-electron chi connectivity index (χ4n) is 4.29. The third kappa shape index (κ3) is 4.61. The lowest BCUT2D eigenvalue weighted by molar-refractivity contribution is -0.118. The molecule has 0 aliphatic carbocycles. The van der Waals surface area contributed by atoms with Crippen molar-refractivity contribution in [2.24, 2.45) is 0 Å². The van der Waals surface area contributed by atoms with Gasteiger partial charge >= 0.3 is 0 Å². The molecule has 0 spiro atoms. The van der Waals surface area contributed by atoms with E-state index in [2.05, 4.69) is 32.3 Å². The Hall–Kier alpha value is -3.67. The third-order valence-corrected chi connectivity index (χ3v) is 6.86. The molecule has 0 unspecified atom stereocenters. The summed E-state index contributed by atoms with van der Waals surface area (Å²) in [5, 5.41) is 11.9. The first-order valence-electron chi connectivity index (χ1n) is 11.3. The van der Waals surface area contributed by atoms with Crippen LogP contribution in [0.1, 0.15) is 6.42 Å². The van der Waals surface area contributed by atoms with E-state index in [4.69, 9.17) is 42.4 Å². The number of hydrogen-bond acceptors (Lipinski definition) is 9. The van der Waals surface area contributed by atoms with Gasteiger partial charge in [-0.3, -0.25) is 4.79 Å². The van der Waals surface area contributed by atoms with Crippen molar-refractivity contribution in [1.29, 1.82) is 0 Å². The SMILES string of the molecule is C=CC(=O)N[C@@H]1COCC[C@@H]1Nc1ncc2cc(-c3c(Cl)c(OC)cc(OC)c3Cl)c3ncnn3c2n1. The molecule has 1 saturated heterocycles. The zero-order valence-electron chi connectivity index (χ0n) is 20.0. The maximum atomic E-state index is 11.9. The Morgan fingerprint density at radius 3 is 2.62 bits per heavy atom. The van der Waals surface area contributed by atoms with Gasteiger partial charge in [0.05, 0.1) is 43.0 Å². The van der Waals surface area contributed by atoms with Gasteiger partial charge in [0.2, 0.25) is 11.9 Å². The Morgan fingerprint density at radius 2 is 1.92 bits per heavy atom. The summed E-state index contributed by atoms with van der Waals surface area (Å²) in [7, 11) is 3.03. The summed E-state index contributed by atoms with van der Waals surface area (Å²) < 4.78 is 18.0. The predicted molar refractivity (Wildman–Crippen MR) is 140 cm³/mol. The van der Waals surface area contributed by atoms with Crippen molar-refractivity contribution < 1.29 is 19.0 Å². The number of benzene rings is 1. The number of amides is 1. The van der Waals surface area contributed by atoms with Gasteiger partial charge in [0.1, 0.15) is 17.8 Å². The molecule has 0 radical (unpaired) electrons. The zero-order chi connectivity index (χ0) is 26.1. The lowest BCUT2D eigenvalue weighted by Crippen LogP contribution is -2.52. The second-order valence-electron chi connectivity index (χ2n) is 8.24. The van der Waals surface area contributed by atoms with Crippen molar-refractivity contribution >= 4 is 51.7 Å². The fourth-order valence-corrected chi connectivity index (χ4v) is 4.99. The molecule has 37 heavy (non-hydrogen) atoms. The topological polar surface area (TPSA) is 125 Å². The van der Waals surface area contributed by atoms with Crippen LogP contribution >= 0.6 is 23.2 Å². The number of halogens is 2. The predicted octanol–water partition coefficient (Wildman–Crippen LogP) is 3.54. The molecule has 3 aromatic heterocycles. The first-order chi connectivity index (χ1) is 17.9. The number of carbonyl (C=O) groups is 1. The Labute approximate surface area is 221 Å². The minimum absolute atomic E-state index is 0.137. The molecule has 13 heteroatoms. The second-order valence-corrected chi connectivity index (χ2v) is 9.00. The number of carbonyl (C=O) groups excluding carboxylic acids is 1. The minimum atomic E-state index is -0.273. The van der Waals surface area contributed by atoms with E-state index < -0.39 is 0 Å². The van der Waals surface area contributed by atoms with Gasteiger partial charge in [0.25, 0.3) is 0 Å². The van der Waals surface area contributed by atoms with Gasteiger partial charge in [0, 0.05) is 35.4 Å². The molecule has 1 aliphatic heterocycles. The van der Waals surface area contributed by atoms with Crippen molar-refractivity contribution in [3.63, 3.8) is 0 Å². The second kappa shape index (κ2) is 10.4. The first kappa shape index (κ1) is 25.0. The van der Waals surface area contributed by atoms with Crippen LogP contribution in [0.2, 0.25) is 10.0 Å². The minimum Gasteiger partial charge on any atom is -0.495 e. The van der Waals surface area contributed by atoms with Crippen molar-refractivity contribution in [3.05, 3.63) is 47.4 Å². The number of rotatable bonds is 7. The highest BCUT2D eigenvalue weighted by atomic mass is 35.5. The summed E-state index contributed by atoms with van der Waals surface area (Å²) in [6.07, 6.45) is 4.99. The number of nitrogens with one attached hydrogen (secondary N) is 2. The molecule has 5 rings (SSSR count). The Kier molecular flexibility index (Phi) is 7.00. The fraction of sp³-hybridized carbons (Fsp3) is 0.292. The maximum Gasteiger partial charge on any atom is 0.243 e. The summed E-state index contributed by atoms with van der Waals surface area (Å²) in [4.78, 5) is 25.5. The van der Waals surface area contributed by atoms with E-state index in [1.165, 1.54) is 26.6 Å². The third-order valence-electron chi connectivity index (χ3n) is 6.11. The van der Waals surface area contributed by atoms with E-state index in [1.54, 1.807) is 16.8 Å². The highest BCUT2D eigenvalue weighted by Crippen LogP contribution is 2.47. The molecule has 0 bridgehead atoms. The van der Waals surface area contributed by atoms with Gasteiger partial charge in [-0.2, -0.15) is 14.6 Å². The number of hydrogen-bond donors (Lipinski definition) is 2. The van der Waals surface area contributed by atoms with Gasteiger partial charge in [-0.1, -0.05) is 29.8 Å². The van der Waals surface area contributed by atoms with Gasteiger partial charge in [-0.05, 0) is 18.6 Å². The van der Waals surface area contributed by atoms with Crippen molar-refractivity contribution in [1.82, 2.24) is 29.9 Å². The molecule has 1 fully saturated rings. The zero-order valence-corrected chi connectivity index (χ0v) is 21.5. The Morgan fingerprint density at radius 1 is 1.16 bits per heavy atom. The molecule has 192 valence electrons. The monoisotopic (exact) mass is 543 g/mol. The van der Waals surface area contributed by atoms with E-state index in [9.17, 15) is 4.79 Å². The van der Waals surface area contributed by atoms with Crippen molar-refractivity contribution in [2.75, 3.05) is 32.8 Å². The summed E-state index contributed by atoms with van der Waals surface area (Å²) in [5.41, 5.74) is 2.11. The molecule has 1 aromatic carbocycles. The number of anilines is 1. The number of nitrogens with zero attached hydrogens (tertiary/aromatic N) is 5. The lowest BCUT2D eigenvalue weighted by Gasteiger charge is -2.32. The highest BCUT2D eigenvalue weighted by molar-refractivity contribution is 6.41. The molecule has 11 nitrogen and oxygen atoms in total. The first-order valence-corrected chi connectivity index (χ1v) is 12.1. The van der Waals surface area contributed by atoms with Crippen LogP contribution in [0.3, 0.4) is 0 Å². The summed E-state index contributed by atoms with van der Waals surface area (Å²) >= 11 is 13.4. The van der Waals surface area contributed by atoms with Crippen LogP contribution in [0, 0.1) is 0 Å². The van der Waals surface area contributed by atoms with Crippen molar-refractivity contribution in [3.8, 4) is 22.6 Å². The Bertz CT molecular complexity index is 1480. The van der Waals surface area contributed by atoms with Gasteiger partial charge in [0.15, 0.2) is 11.3 Å². The molecule has 0 saturated carbocycles. The largest absolute Gasteiger partial charge is 0.495 e. The molecule has 4 heterocycles. The van der Waals surface area contributed by atoms with E-state index in [1.807, 2.05) is 6.07 Å². The van der Waals surface area contributed by atoms with E-state index in [0.29, 0.717) is 74.9 Å². The standard InChI is InChI=1S/C24H23Cl2N7O4/c1-4-18(34)30-15-10-37-6-5-14(15)31-24-27-9-12-7-13(23-28-11-29-33(23)22(12)32-24)19-20(25)16(35-2)8-17(36-3)21(19)26/h4,7-9,11,14-15H,1,5-6,10H2,2-3H3,(H,30,34)(H,27,31,32)/t14-,15+/m0/s1. The van der Waals surface area contributed by atoms with Crippen LogP contribution < -0.4 is 20.1 Å². The summed E-state index contributed by atoms with van der Waals surface area (Å²) in [5.74, 6) is 0.910. The number of aromatic nitrogens is 5. The van der Waals surface area contributed by atoms with Crippen LogP contribution in [0.4, 0.5) is 5.95 Å². The van der Waals surface area contributed by atoms with Crippen LogP contribution in [0.5, 0.6) is 11.5 Å². The Balaban J connectivity index is 1.58. The normalized spacial score (nSPS) is 17.5. The molecule has 2 atom stereocenters. The number of ether oxygens (including phenoxy) is 3. The summed E-state index contributed by atoms with van der Waals surface area (Å²) in [6, 6.07) is 3.07. The molecular formula is C24H23Cl2N7O4. The number of methoxy groups -OCH3 is 2. The van der Waals surface area contributed by atoms with Crippen molar-refractivity contribution in [2.45, 2.75) is 18.5 Å². The molecule has 2 N–H and O–H groups in total. The van der Waals surface area contributed by atoms with E-state index in [-0.39, 0.29) is 18.0 Å². The average molecular weight is 544 g/mol. The number of pyridine rings is 1. The molecule has 1 amide bonds. The summed E-state index contributed by atoms with van der Waals surface area (Å²) in [6.45, 7) is 4.43. The van der Waals surface area contributed by atoms with Gasteiger partial charge in [-0.15, -0.1) is 0 Å². The quantitative estimate of drug-likeness (QED) is 0.336. The highest BCUT2D eigenvalue weighted by Gasteiger charge is 2.28. The smallest absolute Gasteiger partial charge is 0.243 e. The van der Waals surface area contributed by atoms with E-state index >= 15 is 0 Å². The van der Waals surface area contributed by atoms with Crippen LogP contribution in [-0.2, 0) is 9.53 Å². The van der Waals surface area contributed by atoms with Crippen LogP contribution in [-0.4, -0.2) is 70.0 Å². The molecule has 1 aliphatic rings. The van der Waals surface area contributed by atoms with Crippen LogP contribution in [0.15, 0.2) is 37.3 Å². The van der Waals surface area contributed by atoms with Crippen LogP contribution in [0.25, 0.3) is 27.8 Å². The lowest BCUT2D eigenvalue weighted by atomic mass is 10.0. The average Bonchev–Trinajstić information content (AvgIpc) is 3.41. The van der Waals surface area contributed by atoms with E-state index in [0.717, 1.165) is 0 Å². The van der Waals surface area contributed by atoms with Gasteiger partial charge < -0.3 is 24.8 Å². The maximum absolute atomic E-state index is 11.9. The molecular weight excluding hydrogens is 521 g/mol. The molecule has 4 aromatic rings. The van der Waals surface area contributed by atoms with Gasteiger partial charge in [-0.25, -0.2) is 9.97 Å².